The highest BCUT2D eigenvalue weighted by atomic mass is 16.5. The summed E-state index contributed by atoms with van der Waals surface area (Å²) in [6.07, 6.45) is 0. The molecular weight excluding hydrogens is 266 g/mol. The van der Waals surface area contributed by atoms with E-state index in [0.29, 0.717) is 6.61 Å². The highest BCUT2D eigenvalue weighted by Crippen LogP contribution is 1.81. The number of nitrogens with zero attached hydrogens (tertiary/aromatic N) is 1. The predicted octanol–water partition coefficient (Wildman–Crippen LogP) is 3.21. The average molecular weight is 299 g/mol. The van der Waals surface area contributed by atoms with Crippen LogP contribution in [0.3, 0.4) is 0 Å². The molecule has 1 aromatic carbocycles. The second-order valence-electron chi connectivity index (χ2n) is 3.70. The number of aliphatic hydroxyl groups excluding tert-OH is 1. The summed E-state index contributed by atoms with van der Waals surface area (Å²) in [6.45, 7) is 13.8. The van der Waals surface area contributed by atoms with Gasteiger partial charge in [-0.15, -0.1) is 0 Å². The van der Waals surface area contributed by atoms with Crippen molar-refractivity contribution < 1.29 is 14.6 Å². The molecule has 0 spiro atoms. The first-order valence-corrected chi connectivity index (χ1v) is 7.42. The van der Waals surface area contributed by atoms with Crippen LogP contribution in [-0.4, -0.2) is 49.3 Å². The number of aliphatic hydroxyl groups is 1. The maximum atomic E-state index is 9.82. The summed E-state index contributed by atoms with van der Waals surface area (Å²) in [5.74, 6) is -0.211. The second kappa shape index (κ2) is 23.7. The average Bonchev–Trinajstić information content (AvgIpc) is 2.54. The highest BCUT2D eigenvalue weighted by Gasteiger charge is 1.89. The van der Waals surface area contributed by atoms with Crippen LogP contribution in [0.15, 0.2) is 36.4 Å². The van der Waals surface area contributed by atoms with Gasteiger partial charge in [-0.05, 0) is 26.6 Å². The second-order valence-corrected chi connectivity index (χ2v) is 3.70. The van der Waals surface area contributed by atoms with E-state index in [2.05, 4.69) is 30.4 Å². The molecule has 0 atom stereocenters. The van der Waals surface area contributed by atoms with Crippen molar-refractivity contribution in [1.82, 2.24) is 4.90 Å². The number of benzene rings is 1. The van der Waals surface area contributed by atoms with Crippen LogP contribution in [0, 0.1) is 0 Å². The summed E-state index contributed by atoms with van der Waals surface area (Å²) >= 11 is 0. The van der Waals surface area contributed by atoms with E-state index >= 15 is 0 Å². The van der Waals surface area contributed by atoms with Gasteiger partial charge in [0.1, 0.15) is 0 Å². The van der Waals surface area contributed by atoms with Crippen molar-refractivity contribution in [2.75, 3.05) is 33.4 Å². The monoisotopic (exact) mass is 299 g/mol. The third-order valence-corrected chi connectivity index (χ3v) is 2.36. The van der Waals surface area contributed by atoms with Crippen LogP contribution in [0.25, 0.3) is 0 Å². The van der Waals surface area contributed by atoms with Crippen molar-refractivity contribution in [3.05, 3.63) is 36.4 Å². The summed E-state index contributed by atoms with van der Waals surface area (Å²) in [7, 11) is 1.00. The Balaban J connectivity index is -0.000000219. The molecule has 4 heteroatoms. The third-order valence-electron chi connectivity index (χ3n) is 2.36. The lowest BCUT2D eigenvalue weighted by Gasteiger charge is -2.13. The number of hydrogen-bond acceptors (Lipinski definition) is 4. The Morgan fingerprint density at radius 3 is 1.19 bits per heavy atom. The zero-order valence-electron chi connectivity index (χ0n) is 14.5. The summed E-state index contributed by atoms with van der Waals surface area (Å²) in [5, 5.41) is 7.00. The lowest BCUT2D eigenvalue weighted by Crippen LogP contribution is -2.21. The molecule has 0 aliphatic heterocycles. The van der Waals surface area contributed by atoms with E-state index in [1.807, 2.05) is 36.4 Å². The summed E-state index contributed by atoms with van der Waals surface area (Å²) < 4.78 is 4.40. The zero-order valence-corrected chi connectivity index (χ0v) is 14.5. The fourth-order valence-electron chi connectivity index (χ4n) is 1.26. The molecule has 1 N–H and O–H groups in total. The van der Waals surface area contributed by atoms with E-state index < -0.39 is 0 Å². The molecule has 124 valence electrons. The first kappa shape index (κ1) is 24.6. The van der Waals surface area contributed by atoms with E-state index in [1.165, 1.54) is 26.6 Å². The number of rotatable bonds is 4. The summed E-state index contributed by atoms with van der Waals surface area (Å²) in [5.41, 5.74) is 0. The van der Waals surface area contributed by atoms with Crippen LogP contribution in [0.2, 0.25) is 0 Å². The van der Waals surface area contributed by atoms with Crippen LogP contribution >= 0.6 is 0 Å². The van der Waals surface area contributed by atoms with E-state index in [-0.39, 0.29) is 5.97 Å². The standard InChI is InChI=1S/C6H15N.C6H6.C4H8O2.CH4O/c1-4-7(5-2)6-3;1-2-4-6-5-3-1;1-3-6-4(2)5;1-2/h4-6H2,1-3H3;1-6H;3H2,1-2H3;2H,1H3. The van der Waals surface area contributed by atoms with Gasteiger partial charge >= 0.3 is 5.97 Å². The van der Waals surface area contributed by atoms with Gasteiger partial charge in [0, 0.05) is 14.0 Å². The van der Waals surface area contributed by atoms with Crippen molar-refractivity contribution in [3.63, 3.8) is 0 Å². The SMILES string of the molecule is CCN(CC)CC.CCOC(C)=O.CO.c1ccccc1. The van der Waals surface area contributed by atoms with E-state index in [9.17, 15) is 4.79 Å². The number of esters is 1. The lowest BCUT2D eigenvalue weighted by molar-refractivity contribution is -0.140. The molecule has 0 fully saturated rings. The molecule has 0 amide bonds. The Morgan fingerprint density at radius 2 is 1.14 bits per heavy atom. The van der Waals surface area contributed by atoms with Gasteiger partial charge < -0.3 is 14.7 Å². The normalized spacial score (nSPS) is 8.19. The van der Waals surface area contributed by atoms with Gasteiger partial charge in [0.2, 0.25) is 0 Å². The van der Waals surface area contributed by atoms with E-state index in [0.717, 1.165) is 7.11 Å². The van der Waals surface area contributed by atoms with Crippen molar-refractivity contribution in [3.8, 4) is 0 Å². The number of carbonyl (C=O) groups is 1. The molecule has 4 nitrogen and oxygen atoms in total. The van der Waals surface area contributed by atoms with Crippen molar-refractivity contribution in [2.45, 2.75) is 34.6 Å². The fourth-order valence-corrected chi connectivity index (χ4v) is 1.26. The molecule has 0 saturated carbocycles. The van der Waals surface area contributed by atoms with Gasteiger partial charge in [-0.3, -0.25) is 4.79 Å². The maximum Gasteiger partial charge on any atom is 0.302 e. The molecule has 0 unspecified atom stereocenters. The van der Waals surface area contributed by atoms with E-state index in [4.69, 9.17) is 5.11 Å². The highest BCUT2D eigenvalue weighted by molar-refractivity contribution is 5.65. The van der Waals surface area contributed by atoms with Crippen molar-refractivity contribution >= 4 is 5.97 Å². The van der Waals surface area contributed by atoms with Crippen LogP contribution in [0.1, 0.15) is 34.6 Å². The van der Waals surface area contributed by atoms with Gasteiger partial charge in [-0.1, -0.05) is 57.2 Å². The molecule has 0 bridgehead atoms. The molecule has 0 saturated heterocycles. The molecule has 21 heavy (non-hydrogen) atoms. The topological polar surface area (TPSA) is 49.8 Å². The molecule has 0 aliphatic rings. The Morgan fingerprint density at radius 1 is 0.857 bits per heavy atom. The smallest absolute Gasteiger partial charge is 0.302 e. The molecule has 1 aromatic rings. The largest absolute Gasteiger partial charge is 0.466 e. The van der Waals surface area contributed by atoms with Crippen molar-refractivity contribution in [1.29, 1.82) is 0 Å². The summed E-state index contributed by atoms with van der Waals surface area (Å²) in [4.78, 5) is 12.2. The van der Waals surface area contributed by atoms with Crippen LogP contribution in [-0.2, 0) is 9.53 Å². The Bertz CT molecular complexity index is 242. The van der Waals surface area contributed by atoms with Gasteiger partial charge in [-0.2, -0.15) is 0 Å². The van der Waals surface area contributed by atoms with Gasteiger partial charge in [-0.25, -0.2) is 0 Å². The Hall–Kier alpha value is -1.39. The minimum atomic E-state index is -0.211. The van der Waals surface area contributed by atoms with Crippen LogP contribution < -0.4 is 0 Å². The first-order chi connectivity index (χ1) is 10.1. The minimum Gasteiger partial charge on any atom is -0.466 e. The summed E-state index contributed by atoms with van der Waals surface area (Å²) in [6, 6.07) is 12.0. The zero-order chi connectivity index (χ0) is 16.9. The van der Waals surface area contributed by atoms with Crippen molar-refractivity contribution in [2.24, 2.45) is 0 Å². The number of ether oxygens (including phenoxy) is 1. The molecule has 0 radical (unpaired) electrons. The van der Waals surface area contributed by atoms with Gasteiger partial charge in [0.25, 0.3) is 0 Å². The Kier molecular flexibility index (Phi) is 27.8. The minimum absolute atomic E-state index is 0.211. The quantitative estimate of drug-likeness (QED) is 0.867. The number of hydrogen-bond donors (Lipinski definition) is 1. The maximum absolute atomic E-state index is 9.82. The van der Waals surface area contributed by atoms with E-state index in [1.54, 1.807) is 6.92 Å². The van der Waals surface area contributed by atoms with Crippen LogP contribution in [0.5, 0.6) is 0 Å². The third kappa shape index (κ3) is 27.7. The first-order valence-electron chi connectivity index (χ1n) is 7.42. The Labute approximate surface area is 130 Å². The van der Waals surface area contributed by atoms with Gasteiger partial charge in [0.15, 0.2) is 0 Å². The van der Waals surface area contributed by atoms with Crippen LogP contribution in [0.4, 0.5) is 0 Å². The fraction of sp³-hybridized carbons (Fsp3) is 0.588. The number of carbonyl (C=O) groups excluding carboxylic acids is 1. The predicted molar refractivity (Wildman–Crippen MR) is 90.4 cm³/mol. The molecule has 0 aliphatic carbocycles. The van der Waals surface area contributed by atoms with Gasteiger partial charge in [0.05, 0.1) is 6.61 Å². The molecule has 0 heterocycles. The molecule has 1 rings (SSSR count). The molecular formula is C17H33NO3. The lowest BCUT2D eigenvalue weighted by atomic mass is 10.4. The molecule has 0 aromatic heterocycles.